The fraction of sp³-hybridized carbons (Fsp3) is 0.429. The first-order chi connectivity index (χ1) is 3.72. The van der Waals surface area contributed by atoms with Crippen LogP contribution in [0.15, 0.2) is 5.80 Å². The van der Waals surface area contributed by atoms with Gasteiger partial charge in [0.05, 0.1) is 0 Å². The molecule has 1 rings (SSSR count). The molecule has 9 heavy (non-hydrogen) atoms. The van der Waals surface area contributed by atoms with Crippen molar-refractivity contribution >= 4 is 8.19 Å². The molecule has 0 saturated carbocycles. The van der Waals surface area contributed by atoms with Crippen molar-refractivity contribution in [2.24, 2.45) is 0 Å². The van der Waals surface area contributed by atoms with E-state index in [2.05, 4.69) is 26.6 Å². The third-order valence-electron chi connectivity index (χ3n) is 1.66. The van der Waals surface area contributed by atoms with Crippen molar-refractivity contribution in [2.45, 2.75) is 20.8 Å². The molecule has 0 aromatic carbocycles. The summed E-state index contributed by atoms with van der Waals surface area (Å²) in [6.45, 7) is 6.58. The monoisotopic (exact) mass is 215 g/mol. The first kappa shape index (κ1) is 9.88. The molecular formula is C7H11PY. The first-order valence-corrected chi connectivity index (χ1v) is 3.90. The Morgan fingerprint density at radius 1 is 1.22 bits per heavy atom. The van der Waals surface area contributed by atoms with Gasteiger partial charge in [0.2, 0.25) is 0 Å². The van der Waals surface area contributed by atoms with Gasteiger partial charge in [0.15, 0.2) is 0 Å². The molecule has 0 N–H and O–H groups in total. The summed E-state index contributed by atoms with van der Waals surface area (Å²) in [4.78, 5) is 0. The maximum absolute atomic E-state index is 2.31. The first-order valence-electron chi connectivity index (χ1n) is 2.83. The van der Waals surface area contributed by atoms with Gasteiger partial charge in [-0.1, -0.05) is 0 Å². The van der Waals surface area contributed by atoms with Gasteiger partial charge >= 0.3 is 0 Å². The van der Waals surface area contributed by atoms with Gasteiger partial charge in [0.1, 0.15) is 0 Å². The van der Waals surface area contributed by atoms with E-state index in [1.807, 2.05) is 0 Å². The van der Waals surface area contributed by atoms with Crippen LogP contribution in [-0.2, 0) is 32.7 Å². The zero-order valence-electron chi connectivity index (χ0n) is 6.15. The van der Waals surface area contributed by atoms with E-state index in [1.165, 1.54) is 11.1 Å². The second-order valence-electron chi connectivity index (χ2n) is 2.22. The Balaban J connectivity index is 0.000000640. The Morgan fingerprint density at radius 2 is 1.78 bits per heavy atom. The van der Waals surface area contributed by atoms with Gasteiger partial charge in [0, 0.05) is 32.7 Å². The van der Waals surface area contributed by atoms with Crippen molar-refractivity contribution in [3.63, 3.8) is 0 Å². The molecule has 0 aliphatic heterocycles. The molecule has 1 aromatic rings. The SMILES string of the molecule is Cc1c[pH]c(C)c1C.[Y]. The standard InChI is InChI=1S/C7H11P.Y/c1-5-4-8-7(3)6(5)2;/h4,8H,1-3H3;. The summed E-state index contributed by atoms with van der Waals surface area (Å²) in [5.74, 6) is 2.31. The molecule has 1 unspecified atom stereocenters. The van der Waals surface area contributed by atoms with Gasteiger partial charge in [-0.05, 0) is 43.0 Å². The van der Waals surface area contributed by atoms with Crippen molar-refractivity contribution < 1.29 is 32.7 Å². The van der Waals surface area contributed by atoms with Crippen LogP contribution < -0.4 is 0 Å². The molecule has 0 bridgehead atoms. The second kappa shape index (κ2) is 3.91. The molecule has 1 aromatic heterocycles. The third-order valence-corrected chi connectivity index (χ3v) is 3.04. The van der Waals surface area contributed by atoms with Gasteiger partial charge < -0.3 is 0 Å². The quantitative estimate of drug-likeness (QED) is 0.624. The fourth-order valence-corrected chi connectivity index (χ4v) is 1.79. The molecule has 0 saturated heterocycles. The minimum atomic E-state index is 0. The predicted molar refractivity (Wildman–Crippen MR) is 40.2 cm³/mol. The van der Waals surface area contributed by atoms with E-state index in [4.69, 9.17) is 0 Å². The Kier molecular flexibility index (Phi) is 4.29. The Hall–Kier alpha value is 0.884. The van der Waals surface area contributed by atoms with E-state index in [-0.39, 0.29) is 32.7 Å². The maximum Gasteiger partial charge on any atom is 0 e. The zero-order valence-corrected chi connectivity index (χ0v) is 9.99. The topological polar surface area (TPSA) is 0 Å². The van der Waals surface area contributed by atoms with E-state index in [1.54, 1.807) is 5.30 Å². The van der Waals surface area contributed by atoms with Crippen LogP contribution in [0.5, 0.6) is 0 Å². The molecule has 0 spiro atoms. The van der Waals surface area contributed by atoms with Crippen LogP contribution in [0, 0.1) is 20.8 Å². The van der Waals surface area contributed by atoms with Crippen LogP contribution in [0.3, 0.4) is 0 Å². The molecule has 0 fully saturated rings. The van der Waals surface area contributed by atoms with Crippen molar-refractivity contribution in [3.05, 3.63) is 22.2 Å². The summed E-state index contributed by atoms with van der Waals surface area (Å²) in [6, 6.07) is 0. The minimum Gasteiger partial charge on any atom is -0.136 e. The Morgan fingerprint density at radius 3 is 1.89 bits per heavy atom. The fourth-order valence-electron chi connectivity index (χ4n) is 0.729. The predicted octanol–water partition coefficient (Wildman–Crippen LogP) is 2.64. The number of hydrogen-bond donors (Lipinski definition) is 0. The number of aryl methyl sites for hydroxylation is 2. The van der Waals surface area contributed by atoms with E-state index < -0.39 is 0 Å². The summed E-state index contributed by atoms with van der Waals surface area (Å²) in [5, 5.41) is 1.56. The van der Waals surface area contributed by atoms with Crippen molar-refractivity contribution in [1.82, 2.24) is 0 Å². The summed E-state index contributed by atoms with van der Waals surface area (Å²) in [7, 11) is 0.961. The molecule has 0 aliphatic carbocycles. The largest absolute Gasteiger partial charge is 0.136 e. The molecule has 2 heteroatoms. The van der Waals surface area contributed by atoms with Gasteiger partial charge in [-0.3, -0.25) is 0 Å². The second-order valence-corrected chi connectivity index (χ2v) is 3.55. The van der Waals surface area contributed by atoms with Crippen LogP contribution in [0.4, 0.5) is 0 Å². The number of rotatable bonds is 0. The van der Waals surface area contributed by atoms with Crippen LogP contribution in [0.1, 0.15) is 16.4 Å². The van der Waals surface area contributed by atoms with Gasteiger partial charge in [-0.2, -0.15) is 0 Å². The zero-order chi connectivity index (χ0) is 6.15. The maximum atomic E-state index is 2.31. The van der Waals surface area contributed by atoms with Crippen LogP contribution >= 0.6 is 8.19 Å². The van der Waals surface area contributed by atoms with E-state index in [0.29, 0.717) is 0 Å². The van der Waals surface area contributed by atoms with Crippen molar-refractivity contribution in [2.75, 3.05) is 0 Å². The normalized spacial score (nSPS) is 9.67. The molecular weight excluding hydrogens is 204 g/mol. The van der Waals surface area contributed by atoms with Crippen molar-refractivity contribution in [3.8, 4) is 0 Å². The Bertz CT molecular complexity index is 171. The summed E-state index contributed by atoms with van der Waals surface area (Å²) in [6.07, 6.45) is 0. The minimum absolute atomic E-state index is 0. The average Bonchev–Trinajstić information content (AvgIpc) is 1.98. The molecule has 1 radical (unpaired) electrons. The van der Waals surface area contributed by atoms with Gasteiger partial charge in [0.25, 0.3) is 0 Å². The van der Waals surface area contributed by atoms with Crippen molar-refractivity contribution in [1.29, 1.82) is 0 Å². The Labute approximate surface area is 83.4 Å². The molecule has 0 aliphatic rings. The van der Waals surface area contributed by atoms with Gasteiger partial charge in [-0.25, -0.2) is 0 Å². The summed E-state index contributed by atoms with van der Waals surface area (Å²) < 4.78 is 0. The van der Waals surface area contributed by atoms with Crippen LogP contribution in [-0.4, -0.2) is 0 Å². The third kappa shape index (κ3) is 2.18. The average molecular weight is 215 g/mol. The molecule has 1 heterocycles. The van der Waals surface area contributed by atoms with E-state index in [0.717, 1.165) is 8.19 Å². The molecule has 0 nitrogen and oxygen atoms in total. The molecule has 47 valence electrons. The summed E-state index contributed by atoms with van der Waals surface area (Å²) in [5.41, 5.74) is 2.98. The van der Waals surface area contributed by atoms with Crippen LogP contribution in [0.25, 0.3) is 0 Å². The molecule has 1 atom stereocenters. The van der Waals surface area contributed by atoms with Crippen LogP contribution in [0.2, 0.25) is 0 Å². The number of hydrogen-bond acceptors (Lipinski definition) is 0. The van der Waals surface area contributed by atoms with E-state index >= 15 is 0 Å². The smallest absolute Gasteiger partial charge is 0 e. The molecule has 0 amide bonds. The summed E-state index contributed by atoms with van der Waals surface area (Å²) >= 11 is 0. The van der Waals surface area contributed by atoms with E-state index in [9.17, 15) is 0 Å². The van der Waals surface area contributed by atoms with Gasteiger partial charge in [-0.15, -0.1) is 8.19 Å².